The highest BCUT2D eigenvalue weighted by Gasteiger charge is 2.48. The summed E-state index contributed by atoms with van der Waals surface area (Å²) in [5.74, 6) is -0.0507. The number of hydrogen-bond acceptors (Lipinski definition) is 4. The molecule has 0 atom stereocenters. The molecule has 2 saturated heterocycles. The van der Waals surface area contributed by atoms with E-state index in [2.05, 4.69) is 5.32 Å². The smallest absolute Gasteiger partial charge is 0.410 e. The summed E-state index contributed by atoms with van der Waals surface area (Å²) in [6.07, 6.45) is 2.05. The minimum Gasteiger partial charge on any atom is -0.444 e. The molecule has 0 aromatic heterocycles. The number of nitrogens with one attached hydrogen (secondary N) is 1. The lowest BCUT2D eigenvalue weighted by Gasteiger charge is -2.53. The monoisotopic (exact) mass is 311 g/mol. The van der Waals surface area contributed by atoms with Crippen LogP contribution in [0, 0.1) is 5.41 Å². The Hall–Kier alpha value is -1.79. The second kappa shape index (κ2) is 6.14. The molecular weight excluding hydrogens is 286 g/mol. The van der Waals surface area contributed by atoms with E-state index in [1.165, 1.54) is 0 Å². The molecule has 0 radical (unpaired) electrons. The quantitative estimate of drug-likeness (QED) is 0.774. The zero-order valence-electron chi connectivity index (χ0n) is 13.6. The Morgan fingerprint density at radius 1 is 1.18 bits per heavy atom. The molecule has 2 fully saturated rings. The predicted octanol–water partition coefficient (Wildman–Crippen LogP) is 0.592. The molecule has 3 amide bonds. The van der Waals surface area contributed by atoms with Crippen molar-refractivity contribution in [2.75, 3.05) is 32.7 Å². The fourth-order valence-electron chi connectivity index (χ4n) is 3.01. The van der Waals surface area contributed by atoms with Crippen molar-refractivity contribution in [3.8, 4) is 0 Å². The van der Waals surface area contributed by atoms with Crippen LogP contribution in [0.5, 0.6) is 0 Å². The summed E-state index contributed by atoms with van der Waals surface area (Å²) in [6, 6.07) is 0. The number of nitrogens with zero attached hydrogens (tertiary/aromatic N) is 2. The summed E-state index contributed by atoms with van der Waals surface area (Å²) < 4.78 is 5.36. The Labute approximate surface area is 131 Å². The molecule has 0 aliphatic carbocycles. The first kappa shape index (κ1) is 16.6. The van der Waals surface area contributed by atoms with Gasteiger partial charge in [-0.2, -0.15) is 0 Å². The summed E-state index contributed by atoms with van der Waals surface area (Å²) in [5.41, 5.74) is -0.340. The number of amides is 3. The van der Waals surface area contributed by atoms with E-state index in [1.54, 1.807) is 9.80 Å². The molecule has 0 unspecified atom stereocenters. The minimum absolute atomic E-state index is 0.0507. The molecule has 7 nitrogen and oxygen atoms in total. The Balaban J connectivity index is 1.76. The van der Waals surface area contributed by atoms with Crippen molar-refractivity contribution in [2.45, 2.75) is 39.2 Å². The number of hydrogen-bond donors (Lipinski definition) is 1. The maximum Gasteiger partial charge on any atom is 0.410 e. The van der Waals surface area contributed by atoms with E-state index in [9.17, 15) is 14.4 Å². The molecule has 7 heteroatoms. The summed E-state index contributed by atoms with van der Waals surface area (Å²) >= 11 is 0. The van der Waals surface area contributed by atoms with E-state index in [1.807, 2.05) is 20.8 Å². The molecule has 0 bridgehead atoms. The third kappa shape index (κ3) is 3.90. The van der Waals surface area contributed by atoms with Crippen LogP contribution in [0.25, 0.3) is 0 Å². The van der Waals surface area contributed by atoms with Crippen molar-refractivity contribution in [3.05, 3.63) is 0 Å². The van der Waals surface area contributed by atoms with Crippen LogP contribution in [0.15, 0.2) is 0 Å². The highest BCUT2D eigenvalue weighted by atomic mass is 16.6. The van der Waals surface area contributed by atoms with Crippen molar-refractivity contribution >= 4 is 18.4 Å². The zero-order chi connectivity index (χ0) is 16.4. The highest BCUT2D eigenvalue weighted by Crippen LogP contribution is 2.40. The Morgan fingerprint density at radius 2 is 1.77 bits per heavy atom. The van der Waals surface area contributed by atoms with Gasteiger partial charge in [0.2, 0.25) is 12.3 Å². The molecule has 0 saturated carbocycles. The van der Waals surface area contributed by atoms with E-state index >= 15 is 0 Å². The molecule has 2 heterocycles. The first-order chi connectivity index (χ1) is 10.2. The Bertz CT molecular complexity index is 442. The number of piperidine rings is 1. The lowest BCUT2D eigenvalue weighted by atomic mass is 9.72. The predicted molar refractivity (Wildman–Crippen MR) is 80.1 cm³/mol. The van der Waals surface area contributed by atoms with Gasteiger partial charge in [0.15, 0.2) is 0 Å². The van der Waals surface area contributed by atoms with Gasteiger partial charge in [-0.3, -0.25) is 9.59 Å². The first-order valence-corrected chi connectivity index (χ1v) is 7.67. The molecular formula is C15H25N3O4. The minimum atomic E-state index is -0.471. The fraction of sp³-hybridized carbons (Fsp3) is 0.800. The molecule has 2 aliphatic heterocycles. The normalized spacial score (nSPS) is 20.3. The third-order valence-corrected chi connectivity index (χ3v) is 4.22. The lowest BCUT2D eigenvalue weighted by molar-refractivity contribution is -0.136. The van der Waals surface area contributed by atoms with Crippen LogP contribution in [0.4, 0.5) is 4.79 Å². The van der Waals surface area contributed by atoms with Crippen LogP contribution in [-0.2, 0) is 14.3 Å². The Morgan fingerprint density at radius 3 is 2.27 bits per heavy atom. The van der Waals surface area contributed by atoms with Gasteiger partial charge in [0.05, 0.1) is 6.54 Å². The van der Waals surface area contributed by atoms with Crippen LogP contribution in [0.3, 0.4) is 0 Å². The number of rotatable bonds is 3. The van der Waals surface area contributed by atoms with Gasteiger partial charge in [-0.05, 0) is 33.6 Å². The van der Waals surface area contributed by atoms with E-state index in [4.69, 9.17) is 4.74 Å². The largest absolute Gasteiger partial charge is 0.444 e. The van der Waals surface area contributed by atoms with Gasteiger partial charge in [0.1, 0.15) is 5.60 Å². The van der Waals surface area contributed by atoms with Crippen LogP contribution >= 0.6 is 0 Å². The fourth-order valence-corrected chi connectivity index (χ4v) is 3.01. The average Bonchev–Trinajstić information content (AvgIpc) is 2.40. The van der Waals surface area contributed by atoms with Crippen molar-refractivity contribution in [3.63, 3.8) is 0 Å². The maximum atomic E-state index is 12.0. The van der Waals surface area contributed by atoms with Crippen molar-refractivity contribution in [1.29, 1.82) is 0 Å². The van der Waals surface area contributed by atoms with Gasteiger partial charge in [0, 0.05) is 31.6 Å². The summed E-state index contributed by atoms with van der Waals surface area (Å²) in [7, 11) is 0. The highest BCUT2D eigenvalue weighted by molar-refractivity contribution is 5.80. The number of carbonyl (C=O) groups is 3. The molecule has 1 spiro atoms. The second-order valence-electron chi connectivity index (χ2n) is 7.22. The van der Waals surface area contributed by atoms with Crippen molar-refractivity contribution in [2.24, 2.45) is 5.41 Å². The zero-order valence-corrected chi connectivity index (χ0v) is 13.6. The van der Waals surface area contributed by atoms with Gasteiger partial charge in [0.25, 0.3) is 0 Å². The van der Waals surface area contributed by atoms with Crippen LogP contribution in [0.1, 0.15) is 33.6 Å². The first-order valence-electron chi connectivity index (χ1n) is 7.67. The van der Waals surface area contributed by atoms with Gasteiger partial charge in [-0.15, -0.1) is 0 Å². The van der Waals surface area contributed by atoms with E-state index in [0.29, 0.717) is 32.6 Å². The van der Waals surface area contributed by atoms with Crippen LogP contribution < -0.4 is 5.32 Å². The second-order valence-corrected chi connectivity index (χ2v) is 7.22. The third-order valence-electron chi connectivity index (χ3n) is 4.22. The molecule has 2 rings (SSSR count). The Kier molecular flexibility index (Phi) is 4.63. The molecule has 1 N–H and O–H groups in total. The molecule has 22 heavy (non-hydrogen) atoms. The van der Waals surface area contributed by atoms with Crippen molar-refractivity contribution in [1.82, 2.24) is 15.1 Å². The molecule has 124 valence electrons. The lowest BCUT2D eigenvalue weighted by Crippen LogP contribution is -2.63. The molecule has 2 aliphatic rings. The molecule has 0 aromatic carbocycles. The van der Waals surface area contributed by atoms with E-state index in [-0.39, 0.29) is 24.0 Å². The van der Waals surface area contributed by atoms with Gasteiger partial charge < -0.3 is 19.9 Å². The van der Waals surface area contributed by atoms with Crippen LogP contribution in [-0.4, -0.2) is 66.5 Å². The van der Waals surface area contributed by atoms with Gasteiger partial charge >= 0.3 is 6.09 Å². The van der Waals surface area contributed by atoms with Crippen molar-refractivity contribution < 1.29 is 19.1 Å². The summed E-state index contributed by atoms with van der Waals surface area (Å²) in [5, 5.41) is 2.40. The number of carbonyl (C=O) groups excluding carboxylic acids is 3. The maximum absolute atomic E-state index is 12.0. The molecule has 0 aromatic rings. The van der Waals surface area contributed by atoms with Gasteiger partial charge in [-0.25, -0.2) is 4.79 Å². The topological polar surface area (TPSA) is 79.0 Å². The van der Waals surface area contributed by atoms with E-state index < -0.39 is 5.60 Å². The number of ether oxygens (including phenoxy) is 1. The SMILES string of the molecule is CC(C)(C)OC(=O)N1CC2(CCN(C(=O)CNC=O)CC2)C1. The summed E-state index contributed by atoms with van der Waals surface area (Å²) in [4.78, 5) is 37.5. The standard InChI is InChI=1S/C15H25N3O4/c1-14(2,3)22-13(21)18-9-15(10-18)4-6-17(7-5-15)12(20)8-16-11-19/h11H,4-10H2,1-3H3,(H,16,19). The number of likely N-dealkylation sites (tertiary alicyclic amines) is 2. The van der Waals surface area contributed by atoms with Crippen LogP contribution in [0.2, 0.25) is 0 Å². The van der Waals surface area contributed by atoms with E-state index in [0.717, 1.165) is 12.8 Å². The summed E-state index contributed by atoms with van der Waals surface area (Å²) in [6.45, 7) is 8.41. The van der Waals surface area contributed by atoms with Gasteiger partial charge in [-0.1, -0.05) is 0 Å². The average molecular weight is 311 g/mol.